The van der Waals surface area contributed by atoms with Gasteiger partial charge in [0.1, 0.15) is 0 Å². The van der Waals surface area contributed by atoms with E-state index in [0.717, 1.165) is 47.6 Å². The van der Waals surface area contributed by atoms with Gasteiger partial charge in [0.05, 0.1) is 0 Å². The molecule has 154 valence electrons. The van der Waals surface area contributed by atoms with Gasteiger partial charge in [0.2, 0.25) is 0 Å². The zero-order valence-electron chi connectivity index (χ0n) is 18.7. The Bertz CT molecular complexity index is 720. The molecule has 1 heteroatoms. The third-order valence-corrected chi connectivity index (χ3v) is 11.3. The van der Waals surface area contributed by atoms with Crippen molar-refractivity contribution in [3.8, 4) is 0 Å². The molecule has 0 bridgehead atoms. The van der Waals surface area contributed by atoms with Crippen molar-refractivity contribution in [3.63, 3.8) is 0 Å². The number of piperidine rings is 1. The predicted octanol–water partition coefficient (Wildman–Crippen LogP) is 6.46. The van der Waals surface area contributed by atoms with E-state index in [-0.39, 0.29) is 0 Å². The summed E-state index contributed by atoms with van der Waals surface area (Å²) in [6, 6.07) is 1.81. The maximum atomic E-state index is 3.04. The summed E-state index contributed by atoms with van der Waals surface area (Å²) in [6.45, 7) is 11.9. The molecule has 6 aliphatic rings. The molecule has 28 heavy (non-hydrogen) atoms. The lowest BCUT2D eigenvalue weighted by atomic mass is 9.47. The van der Waals surface area contributed by atoms with Crippen LogP contribution in [0, 0.1) is 46.3 Å². The van der Waals surface area contributed by atoms with Crippen LogP contribution < -0.4 is 0 Å². The average molecular weight is 380 g/mol. The van der Waals surface area contributed by atoms with Crippen LogP contribution in [0.5, 0.6) is 0 Å². The molecule has 0 N–H and O–H groups in total. The second-order valence-electron chi connectivity index (χ2n) is 12.3. The molecule has 4 aliphatic carbocycles. The van der Waals surface area contributed by atoms with Gasteiger partial charge < -0.3 is 0 Å². The van der Waals surface area contributed by atoms with E-state index < -0.39 is 0 Å². The van der Waals surface area contributed by atoms with Gasteiger partial charge in [0.15, 0.2) is 0 Å². The summed E-state index contributed by atoms with van der Waals surface area (Å²) in [5.74, 6) is 5.68. The zero-order chi connectivity index (χ0) is 19.3. The summed E-state index contributed by atoms with van der Waals surface area (Å²) in [4.78, 5) is 3.04. The van der Waals surface area contributed by atoms with Crippen molar-refractivity contribution in [2.75, 3.05) is 6.54 Å². The SMILES string of the molecule is C[C@@H]1CC[C@@H]2[C@H](C)[C@@H]3[C@@H](C[C@@H]4[C@H]5CC=C6C=CCC[C@]6(C)[C@@H]5CC[C@]34C)N2C1. The van der Waals surface area contributed by atoms with Gasteiger partial charge in [-0.05, 0) is 103 Å². The summed E-state index contributed by atoms with van der Waals surface area (Å²) in [6.07, 6.45) is 19.1. The van der Waals surface area contributed by atoms with Crippen LogP contribution in [0.3, 0.4) is 0 Å². The summed E-state index contributed by atoms with van der Waals surface area (Å²) in [5, 5.41) is 0. The molecule has 0 spiro atoms. The minimum atomic E-state index is 0.477. The van der Waals surface area contributed by atoms with Gasteiger partial charge in [-0.15, -0.1) is 0 Å². The number of rotatable bonds is 0. The Morgan fingerprint density at radius 1 is 1.00 bits per heavy atom. The normalized spacial score (nSPS) is 57.6. The van der Waals surface area contributed by atoms with Crippen LogP contribution in [0.15, 0.2) is 23.8 Å². The van der Waals surface area contributed by atoms with Gasteiger partial charge in [-0.2, -0.15) is 0 Å². The van der Waals surface area contributed by atoms with E-state index in [1.807, 2.05) is 0 Å². The Kier molecular flexibility index (Phi) is 3.90. The third-order valence-electron chi connectivity index (χ3n) is 11.3. The van der Waals surface area contributed by atoms with E-state index in [1.165, 1.54) is 57.9 Å². The number of hydrogen-bond donors (Lipinski definition) is 0. The second kappa shape index (κ2) is 5.99. The molecule has 10 atom stereocenters. The number of nitrogens with zero attached hydrogens (tertiary/aromatic N) is 1. The molecule has 6 rings (SSSR count). The molecule has 0 amide bonds. The summed E-state index contributed by atoms with van der Waals surface area (Å²) in [5.41, 5.74) is 2.78. The summed E-state index contributed by atoms with van der Waals surface area (Å²) >= 11 is 0. The van der Waals surface area contributed by atoms with Crippen LogP contribution in [-0.4, -0.2) is 23.5 Å². The van der Waals surface area contributed by atoms with Crippen molar-refractivity contribution in [2.24, 2.45) is 46.3 Å². The van der Waals surface area contributed by atoms with Crippen LogP contribution in [0.25, 0.3) is 0 Å². The Balaban J connectivity index is 1.35. The van der Waals surface area contributed by atoms with E-state index in [2.05, 4.69) is 50.8 Å². The lowest BCUT2D eigenvalue weighted by Crippen LogP contribution is -2.50. The number of allylic oxidation sites excluding steroid dienone is 4. The Morgan fingerprint density at radius 2 is 1.86 bits per heavy atom. The standard InChI is InChI=1S/C27H41N/c1-17-8-11-23-18(2)25-24(28(23)16-17)15-22-20-10-9-19-7-5-6-13-26(19,3)21(20)12-14-27(22,25)4/h5,7,9,17-18,20-25H,6,8,10-16H2,1-4H3/t17-,18+,20+,21-,22-,23-,24-,25-,26+,27+/m1/s1. The van der Waals surface area contributed by atoms with Crippen LogP contribution in [0.1, 0.15) is 79.1 Å². The lowest BCUT2D eigenvalue weighted by molar-refractivity contribution is -0.0452. The van der Waals surface area contributed by atoms with E-state index in [1.54, 1.807) is 5.57 Å². The number of fused-ring (bicyclic) bond motifs is 9. The monoisotopic (exact) mass is 379 g/mol. The van der Waals surface area contributed by atoms with E-state index >= 15 is 0 Å². The first-order valence-electron chi connectivity index (χ1n) is 12.6. The fraction of sp³-hybridized carbons (Fsp3) is 0.852. The van der Waals surface area contributed by atoms with Crippen LogP contribution in [-0.2, 0) is 0 Å². The maximum absolute atomic E-state index is 3.04. The van der Waals surface area contributed by atoms with Crippen molar-refractivity contribution < 1.29 is 0 Å². The van der Waals surface area contributed by atoms with Crippen LogP contribution in [0.4, 0.5) is 0 Å². The van der Waals surface area contributed by atoms with Gasteiger partial charge in [0.25, 0.3) is 0 Å². The predicted molar refractivity (Wildman–Crippen MR) is 117 cm³/mol. The molecule has 2 aliphatic heterocycles. The minimum Gasteiger partial charge on any atom is -0.297 e. The summed E-state index contributed by atoms with van der Waals surface area (Å²) in [7, 11) is 0. The summed E-state index contributed by atoms with van der Waals surface area (Å²) < 4.78 is 0. The van der Waals surface area contributed by atoms with E-state index in [0.29, 0.717) is 10.8 Å². The highest BCUT2D eigenvalue weighted by atomic mass is 15.2. The molecule has 0 radical (unpaired) electrons. The van der Waals surface area contributed by atoms with E-state index in [4.69, 9.17) is 0 Å². The molecule has 0 aromatic carbocycles. The van der Waals surface area contributed by atoms with Crippen molar-refractivity contribution in [3.05, 3.63) is 23.8 Å². The lowest BCUT2D eigenvalue weighted by Gasteiger charge is -2.57. The zero-order valence-corrected chi connectivity index (χ0v) is 18.7. The molecular weight excluding hydrogens is 338 g/mol. The van der Waals surface area contributed by atoms with E-state index in [9.17, 15) is 0 Å². The topological polar surface area (TPSA) is 3.24 Å². The molecule has 2 saturated carbocycles. The van der Waals surface area contributed by atoms with Gasteiger partial charge in [-0.3, -0.25) is 4.90 Å². The second-order valence-corrected chi connectivity index (χ2v) is 12.3. The fourth-order valence-corrected chi connectivity index (χ4v) is 10.0. The number of hydrogen-bond acceptors (Lipinski definition) is 1. The highest BCUT2D eigenvalue weighted by molar-refractivity contribution is 5.34. The maximum Gasteiger partial charge on any atom is 0.0138 e. The molecule has 0 unspecified atom stereocenters. The highest BCUT2D eigenvalue weighted by Gasteiger charge is 2.66. The van der Waals surface area contributed by atoms with Gasteiger partial charge in [0, 0.05) is 18.6 Å². The molecule has 0 aromatic rings. The van der Waals surface area contributed by atoms with Crippen molar-refractivity contribution >= 4 is 0 Å². The molecule has 2 heterocycles. The van der Waals surface area contributed by atoms with Crippen LogP contribution >= 0.6 is 0 Å². The van der Waals surface area contributed by atoms with Crippen LogP contribution in [0.2, 0.25) is 0 Å². The fourth-order valence-electron chi connectivity index (χ4n) is 10.0. The molecular formula is C27H41N. The van der Waals surface area contributed by atoms with Crippen molar-refractivity contribution in [1.82, 2.24) is 4.90 Å². The molecule has 4 fully saturated rings. The first-order valence-corrected chi connectivity index (χ1v) is 12.6. The van der Waals surface area contributed by atoms with Gasteiger partial charge >= 0.3 is 0 Å². The van der Waals surface area contributed by atoms with Crippen molar-refractivity contribution in [2.45, 2.75) is 91.1 Å². The average Bonchev–Trinajstić information content (AvgIpc) is 3.14. The molecule has 0 aromatic heterocycles. The molecule has 2 saturated heterocycles. The first-order chi connectivity index (χ1) is 13.4. The Labute approximate surface area is 173 Å². The minimum absolute atomic E-state index is 0.477. The Morgan fingerprint density at radius 3 is 2.71 bits per heavy atom. The Hall–Kier alpha value is -0.560. The van der Waals surface area contributed by atoms with Gasteiger partial charge in [-0.25, -0.2) is 0 Å². The van der Waals surface area contributed by atoms with Gasteiger partial charge in [-0.1, -0.05) is 45.9 Å². The third kappa shape index (κ3) is 2.18. The molecule has 1 nitrogen and oxygen atoms in total. The smallest absolute Gasteiger partial charge is 0.0138 e. The largest absolute Gasteiger partial charge is 0.297 e. The highest BCUT2D eigenvalue weighted by Crippen LogP contribution is 2.69. The van der Waals surface area contributed by atoms with Crippen molar-refractivity contribution in [1.29, 1.82) is 0 Å². The first kappa shape index (κ1) is 18.2. The quantitative estimate of drug-likeness (QED) is 0.467.